The van der Waals surface area contributed by atoms with Gasteiger partial charge < -0.3 is 0 Å². The first-order chi connectivity index (χ1) is 7.84. The molecule has 1 saturated heterocycles. The minimum Gasteiger partial charge on any atom is -0.219 e. The Balaban J connectivity index is 2.01. The molecule has 0 aromatic carbocycles. The van der Waals surface area contributed by atoms with E-state index < -0.39 is 0 Å². The molecule has 0 atom stereocenters. The second kappa shape index (κ2) is 4.26. The molecule has 1 fully saturated rings. The van der Waals surface area contributed by atoms with Gasteiger partial charge in [0.1, 0.15) is 0 Å². The van der Waals surface area contributed by atoms with E-state index in [1.165, 1.54) is 24.3 Å². The molecule has 0 amide bonds. The van der Waals surface area contributed by atoms with Gasteiger partial charge in [0, 0.05) is 12.1 Å². The molecule has 84 valence electrons. The van der Waals surface area contributed by atoms with E-state index in [2.05, 4.69) is 10.1 Å². The molecule has 0 N–H and O–H groups in total. The topological polar surface area (TPSA) is 30.2 Å². The number of pyridine rings is 1. The first kappa shape index (κ1) is 10.4. The molecule has 16 heavy (non-hydrogen) atoms. The van der Waals surface area contributed by atoms with Crippen LogP contribution in [0.5, 0.6) is 0 Å². The lowest BCUT2D eigenvalue weighted by molar-refractivity contribution is 0.598. The van der Waals surface area contributed by atoms with Gasteiger partial charge in [-0.15, -0.1) is 0 Å². The molecule has 3 nitrogen and oxygen atoms in total. The third-order valence-electron chi connectivity index (χ3n) is 2.92. The normalized spacial score (nSPS) is 18.1. The highest BCUT2D eigenvalue weighted by Gasteiger charge is 2.20. The molecule has 2 aromatic heterocycles. The van der Waals surface area contributed by atoms with Crippen molar-refractivity contribution < 1.29 is 0 Å². The molecule has 0 saturated carbocycles. The van der Waals surface area contributed by atoms with Crippen LogP contribution in [0, 0.1) is 0 Å². The van der Waals surface area contributed by atoms with E-state index in [1.807, 2.05) is 30.1 Å². The number of rotatable bonds is 1. The minimum absolute atomic E-state index is 0.511. The van der Waals surface area contributed by atoms with Crippen LogP contribution in [0.3, 0.4) is 0 Å². The summed E-state index contributed by atoms with van der Waals surface area (Å²) in [7, 11) is 0. The number of hydrogen-bond acceptors (Lipinski definition) is 3. The maximum Gasteiger partial charge on any atom is 0.174 e. The lowest BCUT2D eigenvalue weighted by atomic mass is 10.0. The number of hydrogen-bond donors (Lipinski definition) is 0. The molecule has 1 aliphatic heterocycles. The van der Waals surface area contributed by atoms with Crippen molar-refractivity contribution in [3.8, 4) is 0 Å². The van der Waals surface area contributed by atoms with Crippen LogP contribution in [0.15, 0.2) is 18.3 Å². The van der Waals surface area contributed by atoms with E-state index in [4.69, 9.17) is 11.6 Å². The molecule has 0 aliphatic carbocycles. The molecule has 0 radical (unpaired) electrons. The van der Waals surface area contributed by atoms with E-state index in [9.17, 15) is 0 Å². The molecule has 2 aromatic rings. The predicted octanol–water partition coefficient (Wildman–Crippen LogP) is 2.99. The maximum atomic E-state index is 6.08. The molecule has 0 bridgehead atoms. The number of nitrogens with zero attached hydrogens (tertiary/aromatic N) is 3. The lowest BCUT2D eigenvalue weighted by Crippen LogP contribution is -2.09. The Hall–Kier alpha value is -0.740. The van der Waals surface area contributed by atoms with E-state index in [1.54, 1.807) is 4.52 Å². The predicted molar refractivity (Wildman–Crippen MR) is 67.3 cm³/mol. The summed E-state index contributed by atoms with van der Waals surface area (Å²) in [6, 6.07) is 3.75. The van der Waals surface area contributed by atoms with E-state index in [0.717, 1.165) is 11.5 Å². The SMILES string of the molecule is Clc1cccn2nc(C3CCSCC3)nc12. The summed E-state index contributed by atoms with van der Waals surface area (Å²) in [5, 5.41) is 5.18. The van der Waals surface area contributed by atoms with E-state index in [0.29, 0.717) is 10.9 Å². The Kier molecular flexibility index (Phi) is 2.77. The summed E-state index contributed by atoms with van der Waals surface area (Å²) >= 11 is 8.10. The second-order valence-electron chi connectivity index (χ2n) is 3.98. The van der Waals surface area contributed by atoms with Crippen LogP contribution in [0.2, 0.25) is 5.02 Å². The third kappa shape index (κ3) is 1.80. The molecule has 3 rings (SSSR count). The number of halogens is 1. The summed E-state index contributed by atoms with van der Waals surface area (Å²) in [5.74, 6) is 3.90. The molecular formula is C11H12ClN3S. The summed E-state index contributed by atoms with van der Waals surface area (Å²) in [6.07, 6.45) is 4.26. The van der Waals surface area contributed by atoms with Gasteiger partial charge in [-0.3, -0.25) is 0 Å². The Morgan fingerprint density at radius 2 is 2.19 bits per heavy atom. The smallest absolute Gasteiger partial charge is 0.174 e. The Bertz CT molecular complexity index is 505. The zero-order valence-electron chi connectivity index (χ0n) is 8.77. The van der Waals surface area contributed by atoms with E-state index in [-0.39, 0.29) is 0 Å². The monoisotopic (exact) mass is 253 g/mol. The van der Waals surface area contributed by atoms with Crippen molar-refractivity contribution in [2.75, 3.05) is 11.5 Å². The Morgan fingerprint density at radius 1 is 1.38 bits per heavy atom. The van der Waals surface area contributed by atoms with Crippen molar-refractivity contribution in [1.29, 1.82) is 0 Å². The maximum absolute atomic E-state index is 6.08. The zero-order chi connectivity index (χ0) is 11.0. The van der Waals surface area contributed by atoms with Crippen LogP contribution in [0.1, 0.15) is 24.6 Å². The van der Waals surface area contributed by atoms with Crippen LogP contribution in [-0.2, 0) is 0 Å². The minimum atomic E-state index is 0.511. The van der Waals surface area contributed by atoms with Crippen LogP contribution in [0.4, 0.5) is 0 Å². The fourth-order valence-corrected chi connectivity index (χ4v) is 3.33. The first-order valence-corrected chi connectivity index (χ1v) is 6.96. The van der Waals surface area contributed by atoms with Crippen LogP contribution in [-0.4, -0.2) is 26.1 Å². The van der Waals surface area contributed by atoms with Gasteiger partial charge in [-0.05, 0) is 36.5 Å². The van der Waals surface area contributed by atoms with Gasteiger partial charge in [0.25, 0.3) is 0 Å². The third-order valence-corrected chi connectivity index (χ3v) is 4.26. The molecular weight excluding hydrogens is 242 g/mol. The Labute approximate surface area is 103 Å². The molecule has 0 unspecified atom stereocenters. The van der Waals surface area contributed by atoms with Crippen molar-refractivity contribution in [1.82, 2.24) is 14.6 Å². The molecule has 5 heteroatoms. The molecule has 1 aliphatic rings. The zero-order valence-corrected chi connectivity index (χ0v) is 10.3. The van der Waals surface area contributed by atoms with Gasteiger partial charge in [0.2, 0.25) is 0 Å². The summed E-state index contributed by atoms with van der Waals surface area (Å²) in [6.45, 7) is 0. The van der Waals surface area contributed by atoms with Crippen molar-refractivity contribution in [3.05, 3.63) is 29.2 Å². The molecule has 0 spiro atoms. The van der Waals surface area contributed by atoms with Gasteiger partial charge in [0.05, 0.1) is 5.02 Å². The number of aromatic nitrogens is 3. The van der Waals surface area contributed by atoms with Crippen molar-refractivity contribution >= 4 is 29.0 Å². The highest BCUT2D eigenvalue weighted by molar-refractivity contribution is 7.99. The quantitative estimate of drug-likeness (QED) is 0.783. The lowest BCUT2D eigenvalue weighted by Gasteiger charge is -2.17. The van der Waals surface area contributed by atoms with Crippen LogP contribution < -0.4 is 0 Å². The fourth-order valence-electron chi connectivity index (χ4n) is 2.02. The highest BCUT2D eigenvalue weighted by Crippen LogP contribution is 2.30. The van der Waals surface area contributed by atoms with Crippen molar-refractivity contribution in [2.24, 2.45) is 0 Å². The number of thioether (sulfide) groups is 1. The fraction of sp³-hybridized carbons (Fsp3) is 0.455. The second-order valence-corrected chi connectivity index (χ2v) is 5.61. The van der Waals surface area contributed by atoms with Crippen LogP contribution >= 0.6 is 23.4 Å². The van der Waals surface area contributed by atoms with Crippen molar-refractivity contribution in [3.63, 3.8) is 0 Å². The molecule has 3 heterocycles. The number of fused-ring (bicyclic) bond motifs is 1. The summed E-state index contributed by atoms with van der Waals surface area (Å²) < 4.78 is 1.78. The summed E-state index contributed by atoms with van der Waals surface area (Å²) in [5.41, 5.74) is 0.775. The first-order valence-electron chi connectivity index (χ1n) is 5.43. The van der Waals surface area contributed by atoms with Crippen LogP contribution in [0.25, 0.3) is 5.65 Å². The van der Waals surface area contributed by atoms with Gasteiger partial charge in [0.15, 0.2) is 11.5 Å². The van der Waals surface area contributed by atoms with Gasteiger partial charge in [-0.25, -0.2) is 9.50 Å². The average Bonchev–Trinajstić information content (AvgIpc) is 2.76. The van der Waals surface area contributed by atoms with Gasteiger partial charge in [-0.2, -0.15) is 16.9 Å². The highest BCUT2D eigenvalue weighted by atomic mass is 35.5. The standard InChI is InChI=1S/C11H12ClN3S/c12-9-2-1-5-15-11(9)13-10(14-15)8-3-6-16-7-4-8/h1-2,5,8H,3-4,6-7H2. The van der Waals surface area contributed by atoms with Gasteiger partial charge in [-0.1, -0.05) is 11.6 Å². The van der Waals surface area contributed by atoms with Gasteiger partial charge >= 0.3 is 0 Å². The summed E-state index contributed by atoms with van der Waals surface area (Å²) in [4.78, 5) is 4.55. The Morgan fingerprint density at radius 3 is 2.94 bits per heavy atom. The average molecular weight is 254 g/mol. The van der Waals surface area contributed by atoms with E-state index >= 15 is 0 Å². The largest absolute Gasteiger partial charge is 0.219 e. The van der Waals surface area contributed by atoms with Crippen molar-refractivity contribution in [2.45, 2.75) is 18.8 Å².